The largest absolute Gasteiger partial charge is 0.456 e. The Bertz CT molecular complexity index is 1080. The number of amides is 2. The number of esters is 1. The highest BCUT2D eigenvalue weighted by atomic mass is 19.1. The Balaban J connectivity index is 1.22. The zero-order valence-corrected chi connectivity index (χ0v) is 17.3. The molecule has 0 radical (unpaired) electrons. The third-order valence-electron chi connectivity index (χ3n) is 7.15. The van der Waals surface area contributed by atoms with Gasteiger partial charge in [0, 0.05) is 5.56 Å². The van der Waals surface area contributed by atoms with Crippen LogP contribution in [0.4, 0.5) is 4.39 Å². The minimum atomic E-state index is -0.811. The smallest absolute Gasteiger partial charge is 0.326 e. The van der Waals surface area contributed by atoms with Crippen molar-refractivity contribution in [3.63, 3.8) is 0 Å². The molecule has 3 fully saturated rings. The van der Waals surface area contributed by atoms with Gasteiger partial charge in [0.25, 0.3) is 0 Å². The molecule has 5 atom stereocenters. The lowest BCUT2D eigenvalue weighted by Gasteiger charge is -2.28. The minimum Gasteiger partial charge on any atom is -0.456 e. The van der Waals surface area contributed by atoms with Crippen molar-refractivity contribution in [3.8, 4) is 0 Å². The normalized spacial score (nSPS) is 28.2. The monoisotopic (exact) mass is 435 g/mol. The summed E-state index contributed by atoms with van der Waals surface area (Å²) in [6.07, 6.45) is 1.73. The van der Waals surface area contributed by atoms with Crippen LogP contribution in [-0.4, -0.2) is 41.6 Å². The van der Waals surface area contributed by atoms with Crippen LogP contribution in [0, 0.1) is 29.5 Å². The van der Waals surface area contributed by atoms with Crippen molar-refractivity contribution in [2.24, 2.45) is 23.7 Å². The number of hydrogen-bond donors (Lipinski definition) is 0. The summed E-state index contributed by atoms with van der Waals surface area (Å²) in [6.45, 7) is -1.02. The summed E-state index contributed by atoms with van der Waals surface area (Å²) < 4.78 is 18.0. The van der Waals surface area contributed by atoms with Gasteiger partial charge in [0.15, 0.2) is 12.4 Å². The molecule has 2 saturated carbocycles. The lowest BCUT2D eigenvalue weighted by atomic mass is 9.73. The second kappa shape index (κ2) is 7.97. The topological polar surface area (TPSA) is 80.8 Å². The molecule has 0 spiro atoms. The molecular formula is C25H22FNO5. The molecular weight excluding hydrogens is 413 g/mol. The van der Waals surface area contributed by atoms with Crippen molar-refractivity contribution in [1.29, 1.82) is 0 Å². The van der Waals surface area contributed by atoms with Crippen LogP contribution < -0.4 is 0 Å². The predicted octanol–water partition coefficient (Wildman–Crippen LogP) is 2.98. The fraction of sp³-hybridized carbons (Fsp3) is 0.360. The number of rotatable bonds is 6. The van der Waals surface area contributed by atoms with Gasteiger partial charge < -0.3 is 4.74 Å². The number of halogens is 1. The lowest BCUT2D eigenvalue weighted by molar-refractivity contribution is -0.152. The molecule has 0 unspecified atom stereocenters. The molecule has 2 aromatic carbocycles. The van der Waals surface area contributed by atoms with Crippen molar-refractivity contribution in [3.05, 3.63) is 71.5 Å². The molecule has 0 aromatic heterocycles. The van der Waals surface area contributed by atoms with Gasteiger partial charge in [-0.3, -0.25) is 24.1 Å². The Labute approximate surface area is 184 Å². The summed E-state index contributed by atoms with van der Waals surface area (Å²) in [5.41, 5.74) is 1.40. The predicted molar refractivity (Wildman–Crippen MR) is 111 cm³/mol. The standard InChI is InChI=1S/C25H22FNO5/c26-17-8-6-15(7-9-17)20(28)13-32-21(29)12-27-24(30)22-16-10-18(14-4-2-1-3-5-14)19(11-16)23(22)25(27)31/h1-9,16,18-19,22-23H,10-13H2/t16-,18+,19+,22+,23+/m0/s1. The van der Waals surface area contributed by atoms with E-state index in [1.807, 2.05) is 18.2 Å². The number of carbonyl (C=O) groups excluding carboxylic acids is 4. The van der Waals surface area contributed by atoms with Gasteiger partial charge >= 0.3 is 5.97 Å². The van der Waals surface area contributed by atoms with Crippen LogP contribution >= 0.6 is 0 Å². The van der Waals surface area contributed by atoms with E-state index < -0.39 is 30.7 Å². The van der Waals surface area contributed by atoms with E-state index in [-0.39, 0.29) is 47.0 Å². The SMILES string of the molecule is O=C(CN1C(=O)[C@@H]2[C@@H]3C[C@@H]([C@H]2C1=O)[C@@H](c1ccccc1)C3)OCC(=O)c1ccc(F)cc1. The molecule has 2 amide bonds. The Hall–Kier alpha value is -3.35. The van der Waals surface area contributed by atoms with Gasteiger partial charge in [0.1, 0.15) is 12.4 Å². The summed E-state index contributed by atoms with van der Waals surface area (Å²) in [4.78, 5) is 51.4. The van der Waals surface area contributed by atoms with Gasteiger partial charge in [-0.2, -0.15) is 0 Å². The highest BCUT2D eigenvalue weighted by molar-refractivity contribution is 6.08. The summed E-state index contributed by atoms with van der Waals surface area (Å²) in [5.74, 6) is -2.64. The average Bonchev–Trinajstić information content (AvgIpc) is 3.46. The fourth-order valence-electron chi connectivity index (χ4n) is 5.80. The molecule has 1 saturated heterocycles. The van der Waals surface area contributed by atoms with Crippen molar-refractivity contribution >= 4 is 23.6 Å². The highest BCUT2D eigenvalue weighted by Crippen LogP contribution is 2.61. The maximum absolute atomic E-state index is 13.1. The maximum atomic E-state index is 13.1. The van der Waals surface area contributed by atoms with Crippen LogP contribution in [0.1, 0.15) is 34.7 Å². The molecule has 1 aliphatic heterocycles. The fourth-order valence-corrected chi connectivity index (χ4v) is 5.80. The molecule has 5 rings (SSSR count). The third-order valence-corrected chi connectivity index (χ3v) is 7.15. The average molecular weight is 435 g/mol. The zero-order valence-electron chi connectivity index (χ0n) is 17.3. The van der Waals surface area contributed by atoms with Crippen LogP contribution in [0.15, 0.2) is 54.6 Å². The molecule has 7 heteroatoms. The first-order valence-electron chi connectivity index (χ1n) is 10.8. The summed E-state index contributed by atoms with van der Waals surface area (Å²) >= 11 is 0. The molecule has 2 aliphatic carbocycles. The third kappa shape index (κ3) is 3.42. The molecule has 164 valence electrons. The molecule has 2 bridgehead atoms. The first kappa shape index (κ1) is 20.5. The molecule has 2 aromatic rings. The molecule has 0 N–H and O–H groups in total. The van der Waals surface area contributed by atoms with E-state index in [4.69, 9.17) is 4.74 Å². The highest BCUT2D eigenvalue weighted by Gasteiger charge is 2.64. The quantitative estimate of drug-likeness (QED) is 0.396. The number of ether oxygens (including phenoxy) is 1. The first-order valence-corrected chi connectivity index (χ1v) is 10.8. The minimum absolute atomic E-state index is 0.102. The molecule has 1 heterocycles. The molecule has 32 heavy (non-hydrogen) atoms. The zero-order chi connectivity index (χ0) is 22.4. The summed E-state index contributed by atoms with van der Waals surface area (Å²) in [5, 5.41) is 0. The van der Waals surface area contributed by atoms with Crippen molar-refractivity contribution in [1.82, 2.24) is 4.90 Å². The van der Waals surface area contributed by atoms with Gasteiger partial charge in [-0.15, -0.1) is 0 Å². The van der Waals surface area contributed by atoms with E-state index in [0.29, 0.717) is 0 Å². The van der Waals surface area contributed by atoms with Crippen LogP contribution in [0.3, 0.4) is 0 Å². The lowest BCUT2D eigenvalue weighted by Crippen LogP contribution is -2.38. The van der Waals surface area contributed by atoms with Crippen molar-refractivity contribution < 1.29 is 28.3 Å². The van der Waals surface area contributed by atoms with Gasteiger partial charge in [0.2, 0.25) is 11.8 Å². The second-order valence-electron chi connectivity index (χ2n) is 8.82. The van der Waals surface area contributed by atoms with E-state index in [1.54, 1.807) is 0 Å². The molecule has 6 nitrogen and oxygen atoms in total. The number of imide groups is 1. The van der Waals surface area contributed by atoms with Crippen LogP contribution in [0.5, 0.6) is 0 Å². The first-order chi connectivity index (χ1) is 15.4. The number of Topliss-reactive ketones (excluding diaryl/α,β-unsaturated/α-hetero) is 1. The van der Waals surface area contributed by atoms with Gasteiger partial charge in [-0.25, -0.2) is 4.39 Å². The summed E-state index contributed by atoms with van der Waals surface area (Å²) in [6, 6.07) is 14.9. The Morgan fingerprint density at radius 2 is 1.62 bits per heavy atom. The summed E-state index contributed by atoms with van der Waals surface area (Å²) in [7, 11) is 0. The Morgan fingerprint density at radius 1 is 0.938 bits per heavy atom. The second-order valence-corrected chi connectivity index (χ2v) is 8.82. The van der Waals surface area contributed by atoms with Crippen molar-refractivity contribution in [2.45, 2.75) is 18.8 Å². The number of likely N-dealkylation sites (tertiary alicyclic amines) is 1. The van der Waals surface area contributed by atoms with Crippen LogP contribution in [-0.2, 0) is 19.1 Å². The number of ketones is 1. The molecule has 3 aliphatic rings. The van der Waals surface area contributed by atoms with Crippen LogP contribution in [0.25, 0.3) is 0 Å². The number of hydrogen-bond acceptors (Lipinski definition) is 5. The van der Waals surface area contributed by atoms with E-state index in [1.165, 1.54) is 17.7 Å². The van der Waals surface area contributed by atoms with Crippen LogP contribution in [0.2, 0.25) is 0 Å². The number of carbonyl (C=O) groups is 4. The number of nitrogens with zero attached hydrogens (tertiary/aromatic N) is 1. The van der Waals surface area contributed by atoms with Gasteiger partial charge in [-0.05, 0) is 60.4 Å². The van der Waals surface area contributed by atoms with Gasteiger partial charge in [0.05, 0.1) is 11.8 Å². The maximum Gasteiger partial charge on any atom is 0.326 e. The van der Waals surface area contributed by atoms with Crippen molar-refractivity contribution in [2.75, 3.05) is 13.2 Å². The van der Waals surface area contributed by atoms with Gasteiger partial charge in [-0.1, -0.05) is 30.3 Å². The van der Waals surface area contributed by atoms with E-state index in [9.17, 15) is 23.6 Å². The Morgan fingerprint density at radius 3 is 2.34 bits per heavy atom. The Kier molecular flexibility index (Phi) is 5.12. The number of benzene rings is 2. The van der Waals surface area contributed by atoms with E-state index in [2.05, 4.69) is 12.1 Å². The number of fused-ring (bicyclic) bond motifs is 5. The van der Waals surface area contributed by atoms with E-state index in [0.717, 1.165) is 29.9 Å². The van der Waals surface area contributed by atoms with E-state index >= 15 is 0 Å².